The average molecular weight is 530 g/mol. The fourth-order valence-corrected chi connectivity index (χ4v) is 4.85. The lowest BCUT2D eigenvalue weighted by Gasteiger charge is -2.26. The molecule has 1 amide bonds. The number of amides is 1. The summed E-state index contributed by atoms with van der Waals surface area (Å²) in [5.74, 6) is 0.442. The van der Waals surface area contributed by atoms with Gasteiger partial charge in [0.25, 0.3) is 5.91 Å². The maximum absolute atomic E-state index is 13.5. The zero-order valence-electron chi connectivity index (χ0n) is 14.1. The van der Waals surface area contributed by atoms with Crippen LogP contribution in [0.5, 0.6) is 0 Å². The highest BCUT2D eigenvalue weighted by Gasteiger charge is 2.50. The maximum atomic E-state index is 13.5. The number of halogens is 4. The van der Waals surface area contributed by atoms with Crippen LogP contribution in [-0.4, -0.2) is 15.5 Å². The molecule has 0 saturated heterocycles. The van der Waals surface area contributed by atoms with Crippen molar-refractivity contribution in [3.8, 4) is 0 Å². The number of hydrogen-bond acceptors (Lipinski definition) is 2. The van der Waals surface area contributed by atoms with Crippen molar-refractivity contribution in [1.82, 2.24) is 9.55 Å². The zero-order chi connectivity index (χ0) is 19.3. The number of benzene rings is 2. The summed E-state index contributed by atoms with van der Waals surface area (Å²) >= 11 is 19.3. The van der Waals surface area contributed by atoms with Gasteiger partial charge in [-0.1, -0.05) is 51.3 Å². The van der Waals surface area contributed by atoms with E-state index in [4.69, 9.17) is 23.2 Å². The van der Waals surface area contributed by atoms with E-state index in [2.05, 4.69) is 36.8 Å². The predicted octanol–water partition coefficient (Wildman–Crippen LogP) is 6.35. The van der Waals surface area contributed by atoms with Gasteiger partial charge in [-0.2, -0.15) is 0 Å². The zero-order valence-corrected chi connectivity index (χ0v) is 18.8. The Morgan fingerprint density at radius 2 is 1.70 bits per heavy atom. The third-order valence-corrected chi connectivity index (χ3v) is 6.15. The van der Waals surface area contributed by atoms with Gasteiger partial charge in [0, 0.05) is 20.9 Å². The second kappa shape index (κ2) is 6.92. The summed E-state index contributed by atoms with van der Waals surface area (Å²) in [6.07, 6.45) is 2.21. The molecule has 138 valence electrons. The van der Waals surface area contributed by atoms with Crippen molar-refractivity contribution in [3.05, 3.63) is 73.3 Å². The van der Waals surface area contributed by atoms with Crippen LogP contribution in [-0.2, 0) is 16.8 Å². The quantitative estimate of drug-likeness (QED) is 0.396. The minimum Gasteiger partial charge on any atom is -0.289 e. The van der Waals surface area contributed by atoms with Gasteiger partial charge in [-0.05, 0) is 58.7 Å². The van der Waals surface area contributed by atoms with Gasteiger partial charge in [0.1, 0.15) is 10.1 Å². The Bertz CT molecular complexity index is 1030. The SMILES string of the molecule is CC1(Cc2ccc(Br)cc2)C(=O)N(c2cc(Cl)cc(Cl)c2)c2ncc(Br)n21. The molecule has 27 heavy (non-hydrogen) atoms. The summed E-state index contributed by atoms with van der Waals surface area (Å²) in [4.78, 5) is 19.6. The van der Waals surface area contributed by atoms with Crippen molar-refractivity contribution >= 4 is 72.6 Å². The van der Waals surface area contributed by atoms with E-state index in [-0.39, 0.29) is 5.91 Å². The lowest BCUT2D eigenvalue weighted by atomic mass is 9.92. The molecule has 0 bridgehead atoms. The lowest BCUT2D eigenvalue weighted by Crippen LogP contribution is -2.41. The van der Waals surface area contributed by atoms with Crippen LogP contribution in [0, 0.1) is 0 Å². The second-order valence-electron chi connectivity index (χ2n) is 6.56. The molecular formula is C19H13Br2Cl2N3O. The van der Waals surface area contributed by atoms with Gasteiger partial charge in [-0.3, -0.25) is 9.36 Å². The van der Waals surface area contributed by atoms with Crippen molar-refractivity contribution in [2.45, 2.75) is 18.9 Å². The van der Waals surface area contributed by atoms with Gasteiger partial charge in [-0.25, -0.2) is 9.88 Å². The monoisotopic (exact) mass is 527 g/mol. The molecule has 2 aromatic carbocycles. The van der Waals surface area contributed by atoms with Gasteiger partial charge in [0.15, 0.2) is 0 Å². The number of anilines is 2. The Kier molecular flexibility index (Phi) is 4.87. The highest BCUT2D eigenvalue weighted by Crippen LogP contribution is 2.44. The number of rotatable bonds is 3. The summed E-state index contributed by atoms with van der Waals surface area (Å²) < 4.78 is 3.64. The first kappa shape index (κ1) is 19.0. The first-order valence-corrected chi connectivity index (χ1v) is 10.4. The molecule has 2 heterocycles. The summed E-state index contributed by atoms with van der Waals surface area (Å²) in [6, 6.07) is 13.0. The van der Waals surface area contributed by atoms with Gasteiger partial charge < -0.3 is 0 Å². The van der Waals surface area contributed by atoms with E-state index in [1.165, 1.54) is 0 Å². The molecule has 0 aliphatic carbocycles. The van der Waals surface area contributed by atoms with E-state index in [0.717, 1.165) is 14.6 Å². The van der Waals surface area contributed by atoms with Gasteiger partial charge >= 0.3 is 0 Å². The molecule has 0 spiro atoms. The summed E-state index contributed by atoms with van der Waals surface area (Å²) in [5, 5.41) is 0.924. The fraction of sp³-hybridized carbons (Fsp3) is 0.158. The van der Waals surface area contributed by atoms with Crippen LogP contribution >= 0.6 is 55.1 Å². The summed E-state index contributed by atoms with van der Waals surface area (Å²) in [7, 11) is 0. The third kappa shape index (κ3) is 3.23. The molecule has 1 aromatic heterocycles. The maximum Gasteiger partial charge on any atom is 0.260 e. The van der Waals surface area contributed by atoms with E-state index < -0.39 is 5.54 Å². The Hall–Kier alpha value is -1.34. The Labute approximate surface area is 183 Å². The van der Waals surface area contributed by atoms with Gasteiger partial charge in [0.2, 0.25) is 5.95 Å². The van der Waals surface area contributed by atoms with E-state index in [1.807, 2.05) is 35.8 Å². The Morgan fingerprint density at radius 1 is 1.07 bits per heavy atom. The van der Waals surface area contributed by atoms with Crippen molar-refractivity contribution in [2.24, 2.45) is 0 Å². The van der Waals surface area contributed by atoms with Crippen LogP contribution in [0.3, 0.4) is 0 Å². The van der Waals surface area contributed by atoms with Crippen LogP contribution in [0.15, 0.2) is 57.7 Å². The van der Waals surface area contributed by atoms with Gasteiger partial charge in [0.05, 0.1) is 11.9 Å². The van der Waals surface area contributed by atoms with Crippen LogP contribution in [0.2, 0.25) is 10.0 Å². The molecule has 4 rings (SSSR count). The highest BCUT2D eigenvalue weighted by atomic mass is 79.9. The molecule has 0 fully saturated rings. The standard InChI is InChI=1S/C19H13Br2Cl2N3O/c1-19(9-11-2-4-12(20)5-3-11)17(27)25(18-24-10-16(21)26(18)19)15-7-13(22)6-14(23)8-15/h2-8,10H,9H2,1H3. The number of fused-ring (bicyclic) bond motifs is 1. The molecule has 1 aliphatic rings. The molecule has 4 nitrogen and oxygen atoms in total. The summed E-state index contributed by atoms with van der Waals surface area (Å²) in [5.41, 5.74) is 0.802. The molecule has 1 aliphatic heterocycles. The highest BCUT2D eigenvalue weighted by molar-refractivity contribution is 9.10. The molecule has 8 heteroatoms. The second-order valence-corrected chi connectivity index (χ2v) is 9.16. The Morgan fingerprint density at radius 3 is 2.33 bits per heavy atom. The largest absolute Gasteiger partial charge is 0.289 e. The third-order valence-electron chi connectivity index (χ3n) is 4.62. The van der Waals surface area contributed by atoms with Crippen LogP contribution < -0.4 is 4.90 Å². The van der Waals surface area contributed by atoms with Gasteiger partial charge in [-0.15, -0.1) is 0 Å². The molecule has 0 N–H and O–H groups in total. The number of imidazole rings is 1. The first-order valence-electron chi connectivity index (χ1n) is 8.08. The molecular weight excluding hydrogens is 517 g/mol. The normalized spacial score (nSPS) is 18.9. The van der Waals surface area contributed by atoms with Crippen molar-refractivity contribution < 1.29 is 4.79 Å². The predicted molar refractivity (Wildman–Crippen MR) is 115 cm³/mol. The minimum absolute atomic E-state index is 0.0902. The molecule has 3 aromatic rings. The van der Waals surface area contributed by atoms with Crippen molar-refractivity contribution in [2.75, 3.05) is 4.90 Å². The molecule has 1 unspecified atom stereocenters. The van der Waals surface area contributed by atoms with E-state index in [1.54, 1.807) is 29.3 Å². The number of nitrogens with zero attached hydrogens (tertiary/aromatic N) is 3. The number of aromatic nitrogens is 2. The molecule has 0 saturated carbocycles. The van der Waals surface area contributed by atoms with Crippen molar-refractivity contribution in [1.29, 1.82) is 0 Å². The molecule has 0 radical (unpaired) electrons. The van der Waals surface area contributed by atoms with E-state index in [0.29, 0.717) is 28.1 Å². The smallest absolute Gasteiger partial charge is 0.260 e. The van der Waals surface area contributed by atoms with Crippen molar-refractivity contribution in [3.63, 3.8) is 0 Å². The van der Waals surface area contributed by atoms with E-state index >= 15 is 0 Å². The minimum atomic E-state index is -0.840. The number of carbonyl (C=O) groups is 1. The fourth-order valence-electron chi connectivity index (χ4n) is 3.42. The van der Waals surface area contributed by atoms with Crippen LogP contribution in [0.25, 0.3) is 0 Å². The van der Waals surface area contributed by atoms with E-state index in [9.17, 15) is 4.79 Å². The number of carbonyl (C=O) groups excluding carboxylic acids is 1. The lowest BCUT2D eigenvalue weighted by molar-refractivity contribution is -0.124. The topological polar surface area (TPSA) is 38.1 Å². The average Bonchev–Trinajstić information content (AvgIpc) is 3.07. The van der Waals surface area contributed by atoms with Crippen LogP contribution in [0.1, 0.15) is 12.5 Å². The first-order chi connectivity index (χ1) is 12.8. The number of hydrogen-bond donors (Lipinski definition) is 0. The van der Waals surface area contributed by atoms with Crippen LogP contribution in [0.4, 0.5) is 11.6 Å². The molecule has 1 atom stereocenters. The summed E-state index contributed by atoms with van der Waals surface area (Å²) in [6.45, 7) is 1.92. The Balaban J connectivity index is 1.83.